The molecule has 12 rings (SSSR count). The predicted molar refractivity (Wildman–Crippen MR) is 300 cm³/mol. The fraction of sp³-hybridized carbons (Fsp3) is 0.211. The third-order valence-electron chi connectivity index (χ3n) is 14.3. The summed E-state index contributed by atoms with van der Waals surface area (Å²) in [6, 6.07) is 16.3. The molecular weight excluding hydrogens is 1210 g/mol. The second-order valence-electron chi connectivity index (χ2n) is 20.3. The molecule has 0 unspecified atom stereocenters. The Morgan fingerprint density at radius 1 is 0.424 bits per heavy atom. The van der Waals surface area contributed by atoms with Gasteiger partial charge in [-0.25, -0.2) is 51.6 Å². The second-order valence-corrected chi connectivity index (χ2v) is 26.5. The zero-order valence-corrected chi connectivity index (χ0v) is 47.1. The van der Waals surface area contributed by atoms with E-state index < -0.39 is 101 Å². The Hall–Kier alpha value is -7.57. The Balaban J connectivity index is 0.000000142. The van der Waals surface area contributed by atoms with Crippen molar-refractivity contribution >= 4 is 94.7 Å². The highest BCUT2D eigenvalue weighted by atomic mass is 35.5. The fourth-order valence-corrected chi connectivity index (χ4v) is 14.7. The molecule has 28 heteroatoms. The summed E-state index contributed by atoms with van der Waals surface area (Å²) in [5.41, 5.74) is 4.11. The van der Waals surface area contributed by atoms with E-state index in [1.807, 2.05) is 12.2 Å². The van der Waals surface area contributed by atoms with Crippen molar-refractivity contribution in [3.63, 3.8) is 0 Å². The SMILES string of the molecule is O=C(Nc1cc(F)c(F)c(F)c1)c1cc(S(=O)(=O)N2CC(O)C2)cc2c1C=CC2.O=C(Nc1ccc(F)c(Cl)c1)c1cc(S(=O)(=O)N2CC(O)C2)cc2c1C=CC2.O=C(Nc1ccc(F)c(F)c1)c1cc(S(=O)(=O)N2CC(O)C2)cc2c1C=CC2. The molecule has 3 fully saturated rings. The van der Waals surface area contributed by atoms with E-state index in [1.165, 1.54) is 52.8 Å². The van der Waals surface area contributed by atoms with Gasteiger partial charge in [-0.05, 0) is 119 Å². The average molecular weight is 1250 g/mol. The predicted octanol–water partition coefficient (Wildman–Crippen LogP) is 7.11. The van der Waals surface area contributed by atoms with Crippen LogP contribution in [-0.2, 0) is 49.3 Å². The lowest BCUT2D eigenvalue weighted by Crippen LogP contribution is -2.53. The number of amides is 3. The summed E-state index contributed by atoms with van der Waals surface area (Å²) in [4.78, 5) is 38.1. The topological polar surface area (TPSA) is 260 Å². The number of halogens is 7. The quantitative estimate of drug-likeness (QED) is 0.0529. The Morgan fingerprint density at radius 3 is 1.07 bits per heavy atom. The maximum Gasteiger partial charge on any atom is 0.256 e. The molecule has 0 aromatic heterocycles. The number of fused-ring (bicyclic) bond motifs is 3. The number of anilines is 3. The van der Waals surface area contributed by atoms with E-state index in [9.17, 15) is 81.3 Å². The van der Waals surface area contributed by atoms with Crippen molar-refractivity contribution in [3.05, 3.63) is 193 Å². The van der Waals surface area contributed by atoms with E-state index >= 15 is 0 Å². The molecule has 0 spiro atoms. The van der Waals surface area contributed by atoms with Crippen LogP contribution in [0.1, 0.15) is 64.5 Å². The van der Waals surface area contributed by atoms with Gasteiger partial charge in [0.15, 0.2) is 29.1 Å². The van der Waals surface area contributed by atoms with Crippen molar-refractivity contribution < 1.29 is 81.3 Å². The van der Waals surface area contributed by atoms with Crippen LogP contribution in [0.15, 0.2) is 118 Å². The largest absolute Gasteiger partial charge is 0.390 e. The molecule has 0 bridgehead atoms. The van der Waals surface area contributed by atoms with E-state index in [4.69, 9.17) is 11.6 Å². The van der Waals surface area contributed by atoms with E-state index in [2.05, 4.69) is 16.0 Å². The second kappa shape index (κ2) is 23.7. The maximum absolute atomic E-state index is 13.4. The molecular formula is C57H47ClF6N6O12S3. The Labute approximate surface area is 487 Å². The summed E-state index contributed by atoms with van der Waals surface area (Å²) >= 11 is 5.75. The van der Waals surface area contributed by atoms with Crippen LogP contribution in [0.5, 0.6) is 0 Å². The lowest BCUT2D eigenvalue weighted by atomic mass is 10.0. The maximum atomic E-state index is 13.4. The number of aliphatic hydroxyl groups excluding tert-OH is 3. The first-order valence-electron chi connectivity index (χ1n) is 25.7. The van der Waals surface area contributed by atoms with E-state index in [-0.39, 0.29) is 87.0 Å². The molecule has 3 heterocycles. The number of rotatable bonds is 12. The van der Waals surface area contributed by atoms with Crippen molar-refractivity contribution in [2.75, 3.05) is 55.2 Å². The summed E-state index contributed by atoms with van der Waals surface area (Å²) in [5, 5.41) is 35.4. The molecule has 3 saturated heterocycles. The highest BCUT2D eigenvalue weighted by molar-refractivity contribution is 7.89. The number of carbonyl (C=O) groups excluding carboxylic acids is 3. The minimum absolute atomic E-state index is 0.000961. The molecule has 3 amide bonds. The normalized spacial score (nSPS) is 16.6. The number of nitrogens with one attached hydrogen (secondary N) is 3. The van der Waals surface area contributed by atoms with Gasteiger partial charge in [0.05, 0.1) is 38.0 Å². The van der Waals surface area contributed by atoms with Gasteiger partial charge in [0.25, 0.3) is 17.7 Å². The lowest BCUT2D eigenvalue weighted by Gasteiger charge is -2.34. The Kier molecular flexibility index (Phi) is 16.9. The van der Waals surface area contributed by atoms with Crippen LogP contribution in [0.3, 0.4) is 0 Å². The van der Waals surface area contributed by atoms with Gasteiger partial charge in [-0.1, -0.05) is 48.1 Å². The van der Waals surface area contributed by atoms with Crippen LogP contribution in [0.25, 0.3) is 18.2 Å². The highest BCUT2D eigenvalue weighted by Gasteiger charge is 2.39. The number of hydrogen-bond acceptors (Lipinski definition) is 12. The minimum atomic E-state index is -3.91. The number of β-amino-alcohol motifs (C(OH)–C–C–N with tert-alkyl or cyclic N) is 3. The van der Waals surface area contributed by atoms with E-state index in [0.717, 1.165) is 32.4 Å². The van der Waals surface area contributed by atoms with E-state index in [0.29, 0.717) is 64.9 Å². The summed E-state index contributed by atoms with van der Waals surface area (Å²) < 4.78 is 160. The summed E-state index contributed by atoms with van der Waals surface area (Å²) in [6.45, 7) is 0.0172. The van der Waals surface area contributed by atoms with Crippen LogP contribution in [0.4, 0.5) is 43.4 Å². The smallest absolute Gasteiger partial charge is 0.256 e. The lowest BCUT2D eigenvalue weighted by molar-refractivity contribution is 0.0547. The Bertz CT molecular complexity index is 4030. The first-order chi connectivity index (χ1) is 40.2. The van der Waals surface area contributed by atoms with Crippen molar-refractivity contribution in [2.45, 2.75) is 52.3 Å². The van der Waals surface area contributed by atoms with Crippen molar-refractivity contribution in [3.8, 4) is 0 Å². The van der Waals surface area contributed by atoms with Gasteiger partial charge in [-0.15, -0.1) is 0 Å². The number of nitrogens with zero attached hydrogens (tertiary/aromatic N) is 3. The number of sulfonamides is 3. The number of aliphatic hydroxyl groups is 3. The summed E-state index contributed by atoms with van der Waals surface area (Å²) in [6.07, 6.45) is 9.87. The number of benzene rings is 6. The number of carbonyl (C=O) groups is 3. The zero-order valence-electron chi connectivity index (χ0n) is 43.9. The Morgan fingerprint density at radius 2 is 0.741 bits per heavy atom. The standard InChI is InChI=1S/C19H16ClFN2O4S.C19H15F3N2O4S.C19H16F2N2O4S/c20-17-7-12(4-5-18(17)21)22-19(25)16-8-14(6-11-2-1-3-15(11)16)28(26,27)23-9-13(24)10-23;20-16-5-11(6-17(21)18(16)22)23-19(26)15-7-13(4-10-2-1-3-14(10)15)29(27,28)24-8-12(25)9-24;20-17-5-4-12(7-18(17)21)22-19(25)16-8-14(6-11-2-1-3-15(11)16)28(26,27)23-9-13(24)10-23/h1,3-8,13,24H,2,9-10H2,(H,22,25);1,3-7,12,25H,2,8-9H2,(H,23,26);1,3-8,13,24H,2,9-10H2,(H,22,25). The molecule has 85 heavy (non-hydrogen) atoms. The molecule has 6 aromatic rings. The molecule has 18 nitrogen and oxygen atoms in total. The molecule has 0 saturated carbocycles. The van der Waals surface area contributed by atoms with Crippen LogP contribution < -0.4 is 16.0 Å². The van der Waals surface area contributed by atoms with Crippen molar-refractivity contribution in [1.29, 1.82) is 0 Å². The monoisotopic (exact) mass is 1250 g/mol. The minimum Gasteiger partial charge on any atom is -0.390 e. The molecule has 0 atom stereocenters. The molecule has 3 aliphatic carbocycles. The molecule has 6 N–H and O–H groups in total. The summed E-state index contributed by atoms with van der Waals surface area (Å²) in [7, 11) is -11.6. The number of hydrogen-bond donors (Lipinski definition) is 6. The van der Waals surface area contributed by atoms with Crippen LogP contribution in [0, 0.1) is 34.9 Å². The molecule has 6 aromatic carbocycles. The third kappa shape index (κ3) is 12.4. The van der Waals surface area contributed by atoms with Gasteiger partial charge in [-0.3, -0.25) is 14.4 Å². The molecule has 3 aliphatic heterocycles. The van der Waals surface area contributed by atoms with Gasteiger partial charge < -0.3 is 31.3 Å². The molecule has 6 aliphatic rings. The van der Waals surface area contributed by atoms with Crippen LogP contribution in [-0.4, -0.2) is 129 Å². The third-order valence-corrected chi connectivity index (χ3v) is 20.0. The number of allylic oxidation sites excluding steroid dienone is 3. The highest BCUT2D eigenvalue weighted by Crippen LogP contribution is 2.35. The van der Waals surface area contributed by atoms with Gasteiger partial charge in [-0.2, -0.15) is 12.9 Å². The first kappa shape index (κ1) is 60.5. The van der Waals surface area contributed by atoms with Gasteiger partial charge in [0, 0.05) is 91.2 Å². The summed E-state index contributed by atoms with van der Waals surface area (Å²) in [5.74, 6) is -9.26. The average Bonchev–Trinajstić information content (AvgIpc) is 2.09. The van der Waals surface area contributed by atoms with Gasteiger partial charge in [0.1, 0.15) is 5.82 Å². The van der Waals surface area contributed by atoms with Crippen molar-refractivity contribution in [2.24, 2.45) is 0 Å². The van der Waals surface area contributed by atoms with Crippen molar-refractivity contribution in [1.82, 2.24) is 12.9 Å². The van der Waals surface area contributed by atoms with Crippen LogP contribution in [0.2, 0.25) is 5.02 Å². The molecule has 0 radical (unpaired) electrons. The molecule has 444 valence electrons. The van der Waals surface area contributed by atoms with Crippen LogP contribution >= 0.6 is 11.6 Å². The van der Waals surface area contributed by atoms with E-state index in [1.54, 1.807) is 30.4 Å². The zero-order chi connectivity index (χ0) is 61.0. The van der Waals surface area contributed by atoms with Gasteiger partial charge in [0.2, 0.25) is 30.1 Å². The first-order valence-corrected chi connectivity index (χ1v) is 30.4. The van der Waals surface area contributed by atoms with Gasteiger partial charge >= 0.3 is 0 Å². The fourth-order valence-electron chi connectivity index (χ4n) is 9.73.